The first-order chi connectivity index (χ1) is 16.4. The van der Waals surface area contributed by atoms with Crippen molar-refractivity contribution in [3.8, 4) is 5.75 Å². The zero-order valence-electron chi connectivity index (χ0n) is 20.4. The SMILES string of the molecule is Cn1c(C(N)=O)cc2cc(OCc3cccc(NC(=O)C(CCC(=O)O)NC(C)(C)C)c3)ccc21. The average molecular weight is 481 g/mol. The van der Waals surface area contributed by atoms with Gasteiger partial charge in [0.05, 0.1) is 6.04 Å². The summed E-state index contributed by atoms with van der Waals surface area (Å²) in [5.74, 6) is -1.10. The van der Waals surface area contributed by atoms with Crippen molar-refractivity contribution in [1.29, 1.82) is 0 Å². The number of aryl methyl sites for hydroxylation is 1. The van der Waals surface area contributed by atoms with Crippen LogP contribution in [0.15, 0.2) is 48.5 Å². The van der Waals surface area contributed by atoms with Gasteiger partial charge in [0, 0.05) is 35.6 Å². The number of benzene rings is 2. The Kier molecular flexibility index (Phi) is 7.81. The number of rotatable bonds is 10. The van der Waals surface area contributed by atoms with Gasteiger partial charge in [0.2, 0.25) is 5.91 Å². The molecule has 5 N–H and O–H groups in total. The number of nitrogens with two attached hydrogens (primary N) is 1. The summed E-state index contributed by atoms with van der Waals surface area (Å²) in [6.07, 6.45) is 0.0718. The van der Waals surface area contributed by atoms with Crippen LogP contribution in [0.1, 0.15) is 49.7 Å². The molecule has 0 bridgehead atoms. The molecule has 3 aromatic rings. The maximum absolute atomic E-state index is 12.9. The minimum absolute atomic E-state index is 0.109. The minimum atomic E-state index is -0.947. The first kappa shape index (κ1) is 25.8. The zero-order chi connectivity index (χ0) is 25.8. The summed E-state index contributed by atoms with van der Waals surface area (Å²) in [5.41, 5.74) is 7.81. The predicted molar refractivity (Wildman–Crippen MR) is 134 cm³/mol. The molecule has 1 atom stereocenters. The fourth-order valence-electron chi connectivity index (χ4n) is 3.85. The molecule has 0 saturated carbocycles. The van der Waals surface area contributed by atoms with Crippen molar-refractivity contribution in [1.82, 2.24) is 9.88 Å². The Morgan fingerprint density at radius 1 is 1.11 bits per heavy atom. The first-order valence-electron chi connectivity index (χ1n) is 11.3. The van der Waals surface area contributed by atoms with Gasteiger partial charge in [0.15, 0.2) is 0 Å². The van der Waals surface area contributed by atoms with E-state index in [1.165, 1.54) is 0 Å². The fourth-order valence-corrected chi connectivity index (χ4v) is 3.85. The number of carbonyl (C=O) groups is 3. The second kappa shape index (κ2) is 10.6. The van der Waals surface area contributed by atoms with Crippen LogP contribution in [0, 0.1) is 0 Å². The molecule has 0 fully saturated rings. The minimum Gasteiger partial charge on any atom is -0.489 e. The van der Waals surface area contributed by atoms with Crippen molar-refractivity contribution in [3.63, 3.8) is 0 Å². The number of carbonyl (C=O) groups excluding carboxylic acids is 2. The number of nitrogens with one attached hydrogen (secondary N) is 2. The molecule has 35 heavy (non-hydrogen) atoms. The van der Waals surface area contributed by atoms with Gasteiger partial charge < -0.3 is 30.8 Å². The van der Waals surface area contributed by atoms with Crippen LogP contribution in [-0.4, -0.2) is 39.0 Å². The highest BCUT2D eigenvalue weighted by atomic mass is 16.5. The lowest BCUT2D eigenvalue weighted by Gasteiger charge is -2.27. The molecule has 0 aliphatic heterocycles. The van der Waals surface area contributed by atoms with Crippen LogP contribution in [0.3, 0.4) is 0 Å². The van der Waals surface area contributed by atoms with Gasteiger partial charge >= 0.3 is 5.97 Å². The summed E-state index contributed by atoms with van der Waals surface area (Å²) in [7, 11) is 1.78. The fraction of sp³-hybridized carbons (Fsp3) is 0.346. The van der Waals surface area contributed by atoms with Gasteiger partial charge in [0.1, 0.15) is 18.1 Å². The van der Waals surface area contributed by atoms with E-state index in [0.29, 0.717) is 17.1 Å². The van der Waals surface area contributed by atoms with E-state index >= 15 is 0 Å². The van der Waals surface area contributed by atoms with Gasteiger partial charge in [-0.25, -0.2) is 0 Å². The predicted octanol–water partition coefficient (Wildman–Crippen LogP) is 3.42. The monoisotopic (exact) mass is 480 g/mol. The van der Waals surface area contributed by atoms with Crippen molar-refractivity contribution < 1.29 is 24.2 Å². The van der Waals surface area contributed by atoms with Crippen molar-refractivity contribution in [2.75, 3.05) is 5.32 Å². The maximum atomic E-state index is 12.9. The molecule has 1 unspecified atom stereocenters. The smallest absolute Gasteiger partial charge is 0.303 e. The summed E-state index contributed by atoms with van der Waals surface area (Å²) in [5, 5.41) is 15.9. The highest BCUT2D eigenvalue weighted by Gasteiger charge is 2.24. The lowest BCUT2D eigenvalue weighted by Crippen LogP contribution is -2.49. The number of amides is 2. The second-order valence-corrected chi connectivity index (χ2v) is 9.53. The molecule has 186 valence electrons. The number of hydrogen-bond acceptors (Lipinski definition) is 5. The summed E-state index contributed by atoms with van der Waals surface area (Å²) in [6.45, 7) is 6.04. The average Bonchev–Trinajstić information content (AvgIpc) is 3.10. The summed E-state index contributed by atoms with van der Waals surface area (Å²) in [4.78, 5) is 35.5. The van der Waals surface area contributed by atoms with E-state index in [-0.39, 0.29) is 30.9 Å². The van der Waals surface area contributed by atoms with Gasteiger partial charge in [0.25, 0.3) is 5.91 Å². The van der Waals surface area contributed by atoms with Gasteiger partial charge in [-0.3, -0.25) is 14.4 Å². The molecular formula is C26H32N4O5. The van der Waals surface area contributed by atoms with Crippen LogP contribution >= 0.6 is 0 Å². The topological polar surface area (TPSA) is 136 Å². The number of carboxylic acid groups (broad SMARTS) is 1. The molecule has 1 heterocycles. The Labute approximate surface area is 204 Å². The number of nitrogens with zero attached hydrogens (tertiary/aromatic N) is 1. The van der Waals surface area contributed by atoms with Gasteiger partial charge in [-0.15, -0.1) is 0 Å². The number of hydrogen-bond donors (Lipinski definition) is 4. The van der Waals surface area contributed by atoms with E-state index in [0.717, 1.165) is 16.5 Å². The lowest BCUT2D eigenvalue weighted by atomic mass is 10.0. The number of anilines is 1. The normalized spacial score (nSPS) is 12.3. The van der Waals surface area contributed by atoms with Crippen molar-refractivity contribution >= 4 is 34.4 Å². The Morgan fingerprint density at radius 2 is 1.86 bits per heavy atom. The van der Waals surface area contributed by atoms with E-state index in [1.54, 1.807) is 23.7 Å². The molecule has 0 aliphatic rings. The Balaban J connectivity index is 1.67. The third-order valence-electron chi connectivity index (χ3n) is 5.44. The number of primary amides is 1. The Morgan fingerprint density at radius 3 is 2.51 bits per heavy atom. The molecule has 2 aromatic carbocycles. The lowest BCUT2D eigenvalue weighted by molar-refractivity contribution is -0.137. The summed E-state index contributed by atoms with van der Waals surface area (Å²) in [6, 6.07) is 13.9. The molecule has 0 saturated heterocycles. The number of fused-ring (bicyclic) bond motifs is 1. The quantitative estimate of drug-likeness (QED) is 0.351. The number of carboxylic acids is 1. The van der Waals surface area contributed by atoms with Gasteiger partial charge in [-0.2, -0.15) is 0 Å². The van der Waals surface area contributed by atoms with E-state index in [2.05, 4.69) is 10.6 Å². The molecule has 0 radical (unpaired) electrons. The maximum Gasteiger partial charge on any atom is 0.303 e. The van der Waals surface area contributed by atoms with E-state index in [1.807, 2.05) is 57.2 Å². The van der Waals surface area contributed by atoms with Crippen molar-refractivity contribution in [2.45, 2.75) is 51.8 Å². The molecular weight excluding hydrogens is 448 g/mol. The molecule has 0 aliphatic carbocycles. The van der Waals surface area contributed by atoms with Crippen molar-refractivity contribution in [2.24, 2.45) is 12.8 Å². The van der Waals surface area contributed by atoms with Crippen LogP contribution in [0.4, 0.5) is 5.69 Å². The van der Waals surface area contributed by atoms with Crippen LogP contribution in [0.5, 0.6) is 5.75 Å². The van der Waals surface area contributed by atoms with Crippen LogP contribution in [0.25, 0.3) is 10.9 Å². The van der Waals surface area contributed by atoms with Gasteiger partial charge in [-0.05, 0) is 69.2 Å². The molecule has 9 nitrogen and oxygen atoms in total. The standard InChI is InChI=1S/C26H32N4O5/c1-26(2,3)29-20(9-11-23(31)32)25(34)28-18-7-5-6-16(12-18)15-35-19-8-10-21-17(13-19)14-22(24(27)33)30(21)4/h5-8,10,12-14,20,29H,9,11,15H2,1-4H3,(H2,27,33)(H,28,34)(H,31,32). The number of aliphatic carboxylic acids is 1. The molecule has 2 amide bonds. The molecule has 3 rings (SSSR count). The number of aromatic nitrogens is 1. The van der Waals surface area contributed by atoms with Crippen LogP contribution in [0.2, 0.25) is 0 Å². The van der Waals surface area contributed by atoms with Crippen LogP contribution in [-0.2, 0) is 23.2 Å². The largest absolute Gasteiger partial charge is 0.489 e. The Hall–Kier alpha value is -3.85. The molecule has 9 heteroatoms. The number of ether oxygens (including phenoxy) is 1. The third kappa shape index (κ3) is 7.07. The van der Waals surface area contributed by atoms with Crippen LogP contribution < -0.4 is 21.1 Å². The highest BCUT2D eigenvalue weighted by Crippen LogP contribution is 2.25. The summed E-state index contributed by atoms with van der Waals surface area (Å²) >= 11 is 0. The van der Waals surface area contributed by atoms with Gasteiger partial charge in [-0.1, -0.05) is 12.1 Å². The molecule has 1 aromatic heterocycles. The molecule has 0 spiro atoms. The zero-order valence-corrected chi connectivity index (χ0v) is 20.4. The van der Waals surface area contributed by atoms with E-state index in [4.69, 9.17) is 15.6 Å². The highest BCUT2D eigenvalue weighted by molar-refractivity contribution is 5.98. The second-order valence-electron chi connectivity index (χ2n) is 9.53. The Bertz CT molecular complexity index is 1240. The van der Waals surface area contributed by atoms with Crippen molar-refractivity contribution in [3.05, 3.63) is 59.8 Å². The first-order valence-corrected chi connectivity index (χ1v) is 11.3. The summed E-state index contributed by atoms with van der Waals surface area (Å²) < 4.78 is 7.67. The van der Waals surface area contributed by atoms with E-state index in [9.17, 15) is 14.4 Å². The third-order valence-corrected chi connectivity index (χ3v) is 5.44. The van der Waals surface area contributed by atoms with E-state index < -0.39 is 17.9 Å².